The van der Waals surface area contributed by atoms with Crippen LogP contribution in [0.5, 0.6) is 0 Å². The van der Waals surface area contributed by atoms with Gasteiger partial charge in [0, 0.05) is 47.2 Å². The second-order valence-corrected chi connectivity index (χ2v) is 7.55. The van der Waals surface area contributed by atoms with Crippen molar-refractivity contribution in [3.63, 3.8) is 0 Å². The van der Waals surface area contributed by atoms with Crippen LogP contribution in [-0.2, 0) is 17.8 Å². The number of nitrogens with one attached hydrogen (secondary N) is 1. The predicted octanol–water partition coefficient (Wildman–Crippen LogP) is 3.98. The van der Waals surface area contributed by atoms with Crippen molar-refractivity contribution >= 4 is 39.8 Å². The number of carbonyl (C=O) groups is 2. The Labute approximate surface area is 182 Å². The molecule has 160 valence electrons. The normalized spacial score (nSPS) is 12.7. The molecule has 2 amide bonds. The van der Waals surface area contributed by atoms with E-state index in [1.54, 1.807) is 39.9 Å². The van der Waals surface area contributed by atoms with Gasteiger partial charge in [0.15, 0.2) is 0 Å². The molecule has 0 radical (unpaired) electrons. The smallest absolute Gasteiger partial charge is 0.270 e. The van der Waals surface area contributed by atoms with Crippen LogP contribution in [0.4, 0.5) is 17.1 Å². The molecule has 1 N–H and O–H groups in total. The fourth-order valence-electron chi connectivity index (χ4n) is 4.03. The number of furan rings is 1. The predicted molar refractivity (Wildman–Crippen MR) is 118 cm³/mol. The van der Waals surface area contributed by atoms with Gasteiger partial charge in [0.1, 0.15) is 12.8 Å². The minimum atomic E-state index is -0.443. The Bertz CT molecular complexity index is 1360. The number of nitrogens with zero attached hydrogens (tertiary/aromatic N) is 3. The Morgan fingerprint density at radius 1 is 1.12 bits per heavy atom. The van der Waals surface area contributed by atoms with E-state index in [-0.39, 0.29) is 24.0 Å². The number of non-ortho nitro benzene ring substituents is 1. The minimum absolute atomic E-state index is 0.0122. The van der Waals surface area contributed by atoms with Crippen LogP contribution in [-0.4, -0.2) is 27.8 Å². The van der Waals surface area contributed by atoms with Crippen molar-refractivity contribution in [3.8, 4) is 0 Å². The lowest BCUT2D eigenvalue weighted by atomic mass is 10.1. The molecule has 32 heavy (non-hydrogen) atoms. The molecule has 0 bridgehead atoms. The molecule has 9 nitrogen and oxygen atoms in total. The first-order chi connectivity index (χ1) is 15.5. The Morgan fingerprint density at radius 3 is 2.78 bits per heavy atom. The van der Waals surface area contributed by atoms with Crippen LogP contribution in [0.25, 0.3) is 10.9 Å². The lowest BCUT2D eigenvalue weighted by molar-refractivity contribution is -0.384. The Kier molecular flexibility index (Phi) is 4.70. The number of nitro groups is 1. The van der Waals surface area contributed by atoms with E-state index in [1.165, 1.54) is 24.7 Å². The van der Waals surface area contributed by atoms with Crippen LogP contribution >= 0.6 is 0 Å². The van der Waals surface area contributed by atoms with Crippen molar-refractivity contribution in [2.24, 2.45) is 0 Å². The highest BCUT2D eigenvalue weighted by atomic mass is 16.6. The van der Waals surface area contributed by atoms with E-state index in [9.17, 15) is 19.7 Å². The van der Waals surface area contributed by atoms with Crippen molar-refractivity contribution in [3.05, 3.63) is 88.5 Å². The molecular formula is C23H18N4O5. The summed E-state index contributed by atoms with van der Waals surface area (Å²) in [5.41, 5.74) is 3.72. The summed E-state index contributed by atoms with van der Waals surface area (Å²) >= 11 is 0. The molecule has 3 heterocycles. The summed E-state index contributed by atoms with van der Waals surface area (Å²) in [4.78, 5) is 37.4. The molecule has 0 spiro atoms. The van der Waals surface area contributed by atoms with Crippen LogP contribution in [0, 0.1) is 10.1 Å². The lowest BCUT2D eigenvalue weighted by Gasteiger charge is -2.16. The van der Waals surface area contributed by atoms with Gasteiger partial charge in [0.25, 0.3) is 11.6 Å². The summed E-state index contributed by atoms with van der Waals surface area (Å²) in [5, 5.41) is 14.5. The van der Waals surface area contributed by atoms with Gasteiger partial charge in [-0.15, -0.1) is 0 Å². The highest BCUT2D eigenvalue weighted by molar-refractivity contribution is 6.07. The number of amides is 2. The number of hydrogen-bond donors (Lipinski definition) is 1. The molecule has 0 aliphatic carbocycles. The van der Waals surface area contributed by atoms with Crippen molar-refractivity contribution in [1.82, 2.24) is 4.57 Å². The monoisotopic (exact) mass is 430 g/mol. The average molecular weight is 430 g/mol. The fourth-order valence-corrected chi connectivity index (χ4v) is 4.03. The van der Waals surface area contributed by atoms with Crippen LogP contribution < -0.4 is 10.2 Å². The summed E-state index contributed by atoms with van der Waals surface area (Å²) in [6, 6.07) is 13.4. The third-order valence-corrected chi connectivity index (χ3v) is 5.55. The second-order valence-electron chi connectivity index (χ2n) is 7.55. The quantitative estimate of drug-likeness (QED) is 0.380. The molecule has 2 aromatic carbocycles. The van der Waals surface area contributed by atoms with Gasteiger partial charge in [0.05, 0.1) is 16.7 Å². The molecule has 2 aromatic heterocycles. The van der Waals surface area contributed by atoms with Gasteiger partial charge >= 0.3 is 0 Å². The molecule has 1 aliphatic rings. The maximum absolute atomic E-state index is 12.6. The maximum Gasteiger partial charge on any atom is 0.270 e. The van der Waals surface area contributed by atoms with Crippen molar-refractivity contribution in [1.29, 1.82) is 0 Å². The molecule has 0 saturated heterocycles. The second kappa shape index (κ2) is 7.69. The molecule has 0 unspecified atom stereocenters. The van der Waals surface area contributed by atoms with Gasteiger partial charge < -0.3 is 19.2 Å². The molecule has 0 atom stereocenters. The number of fused-ring (bicyclic) bond motifs is 2. The first-order valence-electron chi connectivity index (χ1n) is 10.00. The number of carbonyl (C=O) groups excluding carboxylic acids is 2. The highest BCUT2D eigenvalue weighted by Crippen LogP contribution is 2.32. The van der Waals surface area contributed by atoms with Crippen molar-refractivity contribution < 1.29 is 18.9 Å². The number of aromatic nitrogens is 1. The summed E-state index contributed by atoms with van der Waals surface area (Å²) in [7, 11) is 0. The fraction of sp³-hybridized carbons (Fsp3) is 0.130. The van der Waals surface area contributed by atoms with E-state index in [0.717, 1.165) is 16.8 Å². The maximum atomic E-state index is 12.6. The summed E-state index contributed by atoms with van der Waals surface area (Å²) in [6.45, 7) is 0.641. The van der Waals surface area contributed by atoms with Crippen molar-refractivity contribution in [2.45, 2.75) is 13.0 Å². The molecule has 0 fully saturated rings. The summed E-state index contributed by atoms with van der Waals surface area (Å²) in [6.07, 6.45) is 5.33. The zero-order valence-electron chi connectivity index (χ0n) is 16.9. The van der Waals surface area contributed by atoms with Crippen LogP contribution in [0.1, 0.15) is 15.9 Å². The minimum Gasteiger partial charge on any atom is -0.472 e. The van der Waals surface area contributed by atoms with E-state index in [4.69, 9.17) is 4.42 Å². The summed E-state index contributed by atoms with van der Waals surface area (Å²) in [5.74, 6) is -0.334. The third kappa shape index (κ3) is 3.49. The first-order valence-corrected chi connectivity index (χ1v) is 10.00. The zero-order chi connectivity index (χ0) is 22.2. The summed E-state index contributed by atoms with van der Waals surface area (Å²) < 4.78 is 6.75. The average Bonchev–Trinajstić information content (AvgIpc) is 3.53. The van der Waals surface area contributed by atoms with Gasteiger partial charge in [-0.05, 0) is 48.4 Å². The Hall–Kier alpha value is -4.40. The molecule has 4 aromatic rings. The number of anilines is 2. The third-order valence-electron chi connectivity index (χ3n) is 5.55. The SMILES string of the molecule is O=C(Cn1ccc2cc([N+](=O)[O-])ccc21)Nc1ccc2c(c1)CCN2C(=O)c1ccoc1. The zero-order valence-corrected chi connectivity index (χ0v) is 16.9. The molecule has 1 aliphatic heterocycles. The van der Waals surface area contributed by atoms with E-state index < -0.39 is 4.92 Å². The highest BCUT2D eigenvalue weighted by Gasteiger charge is 2.26. The van der Waals surface area contributed by atoms with E-state index in [1.807, 2.05) is 12.1 Å². The van der Waals surface area contributed by atoms with Gasteiger partial charge in [-0.3, -0.25) is 19.7 Å². The standard InChI is InChI=1S/C23H18N4O5/c28-22(13-25-8-5-16-12-19(27(30)31)2-4-20(16)25)24-18-1-3-21-15(11-18)6-9-26(21)23(29)17-7-10-32-14-17/h1-5,7-8,10-12,14H,6,9,13H2,(H,24,28). The van der Waals surface area contributed by atoms with Gasteiger partial charge in [-0.1, -0.05) is 0 Å². The Balaban J connectivity index is 1.29. The van der Waals surface area contributed by atoms with Crippen LogP contribution in [0.2, 0.25) is 0 Å². The Morgan fingerprint density at radius 2 is 2.00 bits per heavy atom. The van der Waals surface area contributed by atoms with Crippen LogP contribution in [0.15, 0.2) is 71.7 Å². The van der Waals surface area contributed by atoms with Gasteiger partial charge in [-0.25, -0.2) is 0 Å². The molecular weight excluding hydrogens is 412 g/mol. The molecule has 0 saturated carbocycles. The van der Waals surface area contributed by atoms with Crippen LogP contribution in [0.3, 0.4) is 0 Å². The molecule has 9 heteroatoms. The van der Waals surface area contributed by atoms with E-state index in [2.05, 4.69) is 5.32 Å². The van der Waals surface area contributed by atoms with Gasteiger partial charge in [-0.2, -0.15) is 0 Å². The van der Waals surface area contributed by atoms with Gasteiger partial charge in [0.2, 0.25) is 5.91 Å². The number of rotatable bonds is 5. The van der Waals surface area contributed by atoms with E-state index in [0.29, 0.717) is 29.6 Å². The topological polar surface area (TPSA) is 111 Å². The number of nitro benzene ring substituents is 1. The number of hydrogen-bond acceptors (Lipinski definition) is 5. The first kappa shape index (κ1) is 19.6. The van der Waals surface area contributed by atoms with E-state index >= 15 is 0 Å². The molecule has 5 rings (SSSR count). The number of benzene rings is 2. The lowest BCUT2D eigenvalue weighted by Crippen LogP contribution is -2.28. The largest absolute Gasteiger partial charge is 0.472 e. The van der Waals surface area contributed by atoms with Crippen molar-refractivity contribution in [2.75, 3.05) is 16.8 Å².